The second-order valence-corrected chi connectivity index (χ2v) is 5.96. The highest BCUT2D eigenvalue weighted by molar-refractivity contribution is 4.88. The van der Waals surface area contributed by atoms with Crippen molar-refractivity contribution >= 4 is 0 Å². The van der Waals surface area contributed by atoms with Crippen molar-refractivity contribution in [2.75, 3.05) is 6.54 Å². The SMILES string of the molecule is CC(C)CCc1noc(CCNC(C)(C)C)n1. The van der Waals surface area contributed by atoms with Crippen molar-refractivity contribution in [3.8, 4) is 0 Å². The Labute approximate surface area is 104 Å². The molecule has 4 heteroatoms. The summed E-state index contributed by atoms with van der Waals surface area (Å²) in [5.41, 5.74) is 0.139. The Balaban J connectivity index is 2.31. The van der Waals surface area contributed by atoms with Crippen molar-refractivity contribution in [3.63, 3.8) is 0 Å². The van der Waals surface area contributed by atoms with Gasteiger partial charge in [-0.15, -0.1) is 0 Å². The predicted molar refractivity (Wildman–Crippen MR) is 68.9 cm³/mol. The molecule has 0 atom stereocenters. The molecule has 1 aromatic heterocycles. The normalized spacial score (nSPS) is 12.4. The third kappa shape index (κ3) is 6.41. The van der Waals surface area contributed by atoms with E-state index < -0.39 is 0 Å². The Morgan fingerprint density at radius 3 is 2.53 bits per heavy atom. The first-order valence-corrected chi connectivity index (χ1v) is 6.43. The van der Waals surface area contributed by atoms with Gasteiger partial charge in [-0.05, 0) is 33.1 Å². The van der Waals surface area contributed by atoms with E-state index in [1.165, 1.54) is 0 Å². The predicted octanol–water partition coefficient (Wildman–Crippen LogP) is 2.59. The molecule has 0 fully saturated rings. The molecule has 1 rings (SSSR count). The Bertz CT molecular complexity index is 326. The largest absolute Gasteiger partial charge is 0.339 e. The molecule has 0 radical (unpaired) electrons. The van der Waals surface area contributed by atoms with Gasteiger partial charge in [0.25, 0.3) is 0 Å². The lowest BCUT2D eigenvalue weighted by Gasteiger charge is -2.19. The molecule has 1 aromatic rings. The van der Waals surface area contributed by atoms with Crippen LogP contribution in [0.4, 0.5) is 0 Å². The van der Waals surface area contributed by atoms with E-state index in [-0.39, 0.29) is 5.54 Å². The van der Waals surface area contributed by atoms with Crippen LogP contribution in [0.1, 0.15) is 52.8 Å². The fraction of sp³-hybridized carbons (Fsp3) is 0.846. The molecule has 0 amide bonds. The van der Waals surface area contributed by atoms with Crippen LogP contribution in [-0.4, -0.2) is 22.2 Å². The summed E-state index contributed by atoms with van der Waals surface area (Å²) in [4.78, 5) is 4.38. The van der Waals surface area contributed by atoms with E-state index in [2.05, 4.69) is 50.1 Å². The molecule has 17 heavy (non-hydrogen) atoms. The molecular formula is C13H25N3O. The Kier molecular flexibility index (Phi) is 5.12. The van der Waals surface area contributed by atoms with Gasteiger partial charge in [-0.2, -0.15) is 4.98 Å². The lowest BCUT2D eigenvalue weighted by Crippen LogP contribution is -2.37. The van der Waals surface area contributed by atoms with Crippen molar-refractivity contribution in [2.24, 2.45) is 5.92 Å². The van der Waals surface area contributed by atoms with Gasteiger partial charge in [0.2, 0.25) is 5.89 Å². The number of nitrogens with zero attached hydrogens (tertiary/aromatic N) is 2. The van der Waals surface area contributed by atoms with Gasteiger partial charge >= 0.3 is 0 Å². The first kappa shape index (κ1) is 14.2. The van der Waals surface area contributed by atoms with E-state index in [0.717, 1.165) is 37.5 Å². The Morgan fingerprint density at radius 1 is 1.24 bits per heavy atom. The molecular weight excluding hydrogens is 214 g/mol. The Hall–Kier alpha value is -0.900. The number of rotatable bonds is 6. The minimum Gasteiger partial charge on any atom is -0.339 e. The molecule has 0 saturated heterocycles. The first-order chi connectivity index (χ1) is 7.87. The maximum absolute atomic E-state index is 5.21. The minimum absolute atomic E-state index is 0.139. The second-order valence-electron chi connectivity index (χ2n) is 5.96. The highest BCUT2D eigenvalue weighted by Gasteiger charge is 2.10. The summed E-state index contributed by atoms with van der Waals surface area (Å²) < 4.78 is 5.21. The summed E-state index contributed by atoms with van der Waals surface area (Å²) in [6, 6.07) is 0. The molecule has 1 heterocycles. The molecule has 0 spiro atoms. The summed E-state index contributed by atoms with van der Waals surface area (Å²) in [5.74, 6) is 2.25. The van der Waals surface area contributed by atoms with Crippen LogP contribution >= 0.6 is 0 Å². The molecule has 0 bridgehead atoms. The van der Waals surface area contributed by atoms with E-state index in [1.54, 1.807) is 0 Å². The third-order valence-corrected chi connectivity index (χ3v) is 2.45. The topological polar surface area (TPSA) is 51.0 Å². The lowest BCUT2D eigenvalue weighted by molar-refractivity contribution is 0.357. The number of aromatic nitrogens is 2. The molecule has 0 unspecified atom stereocenters. The van der Waals surface area contributed by atoms with Crippen LogP contribution in [0.3, 0.4) is 0 Å². The molecule has 4 nitrogen and oxygen atoms in total. The summed E-state index contributed by atoms with van der Waals surface area (Å²) >= 11 is 0. The van der Waals surface area contributed by atoms with Gasteiger partial charge < -0.3 is 9.84 Å². The van der Waals surface area contributed by atoms with Crippen LogP contribution in [-0.2, 0) is 12.8 Å². The van der Waals surface area contributed by atoms with Gasteiger partial charge in [0.05, 0.1) is 0 Å². The Morgan fingerprint density at radius 2 is 1.94 bits per heavy atom. The van der Waals surface area contributed by atoms with Crippen LogP contribution in [0.5, 0.6) is 0 Å². The number of hydrogen-bond acceptors (Lipinski definition) is 4. The fourth-order valence-electron chi connectivity index (χ4n) is 1.46. The zero-order valence-electron chi connectivity index (χ0n) is 11.7. The lowest BCUT2D eigenvalue weighted by atomic mass is 10.1. The number of hydrogen-bond donors (Lipinski definition) is 1. The summed E-state index contributed by atoms with van der Waals surface area (Å²) in [7, 11) is 0. The number of aryl methyl sites for hydroxylation is 1. The molecule has 98 valence electrons. The zero-order chi connectivity index (χ0) is 12.9. The van der Waals surface area contributed by atoms with Crippen molar-refractivity contribution in [1.82, 2.24) is 15.5 Å². The van der Waals surface area contributed by atoms with Crippen LogP contribution in [0.25, 0.3) is 0 Å². The van der Waals surface area contributed by atoms with Crippen molar-refractivity contribution in [1.29, 1.82) is 0 Å². The minimum atomic E-state index is 0.139. The van der Waals surface area contributed by atoms with E-state index in [0.29, 0.717) is 5.92 Å². The monoisotopic (exact) mass is 239 g/mol. The smallest absolute Gasteiger partial charge is 0.227 e. The highest BCUT2D eigenvalue weighted by atomic mass is 16.5. The zero-order valence-corrected chi connectivity index (χ0v) is 11.7. The van der Waals surface area contributed by atoms with Crippen LogP contribution in [0, 0.1) is 5.92 Å². The van der Waals surface area contributed by atoms with Gasteiger partial charge in [0.1, 0.15) is 0 Å². The van der Waals surface area contributed by atoms with Crippen LogP contribution in [0.2, 0.25) is 0 Å². The van der Waals surface area contributed by atoms with Crippen LogP contribution < -0.4 is 5.32 Å². The molecule has 0 aromatic carbocycles. The average Bonchev–Trinajstić information content (AvgIpc) is 2.61. The molecule has 0 aliphatic heterocycles. The van der Waals surface area contributed by atoms with Crippen LogP contribution in [0.15, 0.2) is 4.52 Å². The maximum Gasteiger partial charge on any atom is 0.227 e. The van der Waals surface area contributed by atoms with Gasteiger partial charge in [0, 0.05) is 24.9 Å². The maximum atomic E-state index is 5.21. The van der Waals surface area contributed by atoms with E-state index >= 15 is 0 Å². The van der Waals surface area contributed by atoms with Gasteiger partial charge in [-0.3, -0.25) is 0 Å². The van der Waals surface area contributed by atoms with Gasteiger partial charge in [0.15, 0.2) is 5.82 Å². The average molecular weight is 239 g/mol. The molecule has 0 aliphatic rings. The molecule has 0 saturated carbocycles. The van der Waals surface area contributed by atoms with E-state index in [9.17, 15) is 0 Å². The van der Waals surface area contributed by atoms with Crippen molar-refractivity contribution < 1.29 is 4.52 Å². The third-order valence-electron chi connectivity index (χ3n) is 2.45. The van der Waals surface area contributed by atoms with E-state index in [4.69, 9.17) is 4.52 Å². The van der Waals surface area contributed by atoms with E-state index in [1.807, 2.05) is 0 Å². The molecule has 0 aliphatic carbocycles. The summed E-state index contributed by atoms with van der Waals surface area (Å²) in [6.07, 6.45) is 2.82. The van der Waals surface area contributed by atoms with Crippen molar-refractivity contribution in [2.45, 2.75) is 59.4 Å². The highest BCUT2D eigenvalue weighted by Crippen LogP contribution is 2.07. The quantitative estimate of drug-likeness (QED) is 0.829. The standard InChI is InChI=1S/C13H25N3O/c1-10(2)6-7-11-15-12(17-16-11)8-9-14-13(3,4)5/h10,14H,6-9H2,1-5H3. The summed E-state index contributed by atoms with van der Waals surface area (Å²) in [5, 5.41) is 7.39. The second kappa shape index (κ2) is 6.15. The number of nitrogens with one attached hydrogen (secondary N) is 1. The summed E-state index contributed by atoms with van der Waals surface area (Å²) in [6.45, 7) is 11.7. The molecule has 1 N–H and O–H groups in total. The van der Waals surface area contributed by atoms with Gasteiger partial charge in [-0.1, -0.05) is 19.0 Å². The van der Waals surface area contributed by atoms with Gasteiger partial charge in [-0.25, -0.2) is 0 Å². The fourth-order valence-corrected chi connectivity index (χ4v) is 1.46. The first-order valence-electron chi connectivity index (χ1n) is 6.43. The van der Waals surface area contributed by atoms with Crippen molar-refractivity contribution in [3.05, 3.63) is 11.7 Å².